The van der Waals surface area contributed by atoms with Gasteiger partial charge in [-0.3, -0.25) is 0 Å². The van der Waals surface area contributed by atoms with Crippen molar-refractivity contribution in [3.05, 3.63) is 69.8 Å². The van der Waals surface area contributed by atoms with Gasteiger partial charge in [-0.25, -0.2) is 17.6 Å². The number of halogens is 4. The Labute approximate surface area is 194 Å². The lowest BCUT2D eigenvalue weighted by Gasteiger charge is -2.27. The predicted octanol–water partition coefficient (Wildman–Crippen LogP) is 8.42. The molecule has 4 heteroatoms. The first-order valence-corrected chi connectivity index (χ1v) is 12.3. The van der Waals surface area contributed by atoms with Crippen LogP contribution in [0.2, 0.25) is 0 Å². The van der Waals surface area contributed by atoms with Crippen LogP contribution in [0.4, 0.5) is 17.6 Å². The largest absolute Gasteiger partial charge is 0.203 e. The Morgan fingerprint density at radius 3 is 1.85 bits per heavy atom. The summed E-state index contributed by atoms with van der Waals surface area (Å²) in [5, 5.41) is 0. The van der Waals surface area contributed by atoms with E-state index < -0.39 is 23.3 Å². The molecule has 2 aromatic rings. The molecular formula is C29H32F4. The zero-order chi connectivity index (χ0) is 23.5. The molecule has 4 rings (SSSR count). The van der Waals surface area contributed by atoms with Crippen LogP contribution in [0.15, 0.2) is 24.3 Å². The van der Waals surface area contributed by atoms with E-state index in [4.69, 9.17) is 0 Å². The Morgan fingerprint density at radius 1 is 0.697 bits per heavy atom. The van der Waals surface area contributed by atoms with Crippen molar-refractivity contribution in [1.29, 1.82) is 0 Å². The minimum absolute atomic E-state index is 0.0323. The lowest BCUT2D eigenvalue weighted by atomic mass is 9.78. The molecule has 2 saturated carbocycles. The number of aryl methyl sites for hydroxylation is 1. The number of benzene rings is 2. The first-order chi connectivity index (χ1) is 15.9. The third-order valence-electron chi connectivity index (χ3n) is 7.72. The van der Waals surface area contributed by atoms with Crippen molar-refractivity contribution >= 4 is 0 Å². The SMILES string of the molecule is CCc1ccc(C2CCC(C#Cc3ccc(C4CCC(C)CC4)c(F)c3F)CC2)c(F)c1F. The number of hydrogen-bond acceptors (Lipinski definition) is 0. The molecule has 0 atom stereocenters. The molecule has 2 aromatic carbocycles. The van der Waals surface area contributed by atoms with Crippen LogP contribution in [0, 0.1) is 46.9 Å². The Morgan fingerprint density at radius 2 is 1.24 bits per heavy atom. The average Bonchev–Trinajstić information content (AvgIpc) is 2.83. The lowest BCUT2D eigenvalue weighted by molar-refractivity contribution is 0.339. The third kappa shape index (κ3) is 5.13. The first kappa shape index (κ1) is 23.9. The second-order valence-corrected chi connectivity index (χ2v) is 9.90. The standard InChI is InChI=1S/C29H32F4/c1-3-20-14-16-24(28(32)26(20)30)22-11-6-19(7-12-22)8-13-23-15-17-25(29(33)27(23)31)21-9-4-18(2)5-10-21/h14-19,21-22H,3-7,9-12H2,1-2H3. The molecule has 0 aliphatic heterocycles. The van der Waals surface area contributed by atoms with Crippen molar-refractivity contribution in [3.8, 4) is 11.8 Å². The van der Waals surface area contributed by atoms with E-state index in [1.165, 1.54) is 0 Å². The molecule has 33 heavy (non-hydrogen) atoms. The lowest BCUT2D eigenvalue weighted by Crippen LogP contribution is -2.14. The molecule has 0 nitrogen and oxygen atoms in total. The van der Waals surface area contributed by atoms with E-state index in [1.807, 2.05) is 0 Å². The molecule has 2 fully saturated rings. The molecule has 0 bridgehead atoms. The van der Waals surface area contributed by atoms with E-state index in [2.05, 4.69) is 18.8 Å². The van der Waals surface area contributed by atoms with Crippen LogP contribution in [0.3, 0.4) is 0 Å². The Kier molecular flexibility index (Phi) is 7.47. The summed E-state index contributed by atoms with van der Waals surface area (Å²) >= 11 is 0. The van der Waals surface area contributed by atoms with E-state index in [0.29, 0.717) is 41.9 Å². The van der Waals surface area contributed by atoms with Gasteiger partial charge in [0.25, 0.3) is 0 Å². The molecule has 2 aliphatic carbocycles. The zero-order valence-electron chi connectivity index (χ0n) is 19.5. The highest BCUT2D eigenvalue weighted by atomic mass is 19.2. The summed E-state index contributed by atoms with van der Waals surface area (Å²) in [4.78, 5) is 0. The first-order valence-electron chi connectivity index (χ1n) is 12.3. The van der Waals surface area contributed by atoms with Crippen LogP contribution < -0.4 is 0 Å². The van der Waals surface area contributed by atoms with E-state index in [9.17, 15) is 17.6 Å². The quantitative estimate of drug-likeness (QED) is 0.321. The van der Waals surface area contributed by atoms with E-state index in [0.717, 1.165) is 38.5 Å². The fourth-order valence-corrected chi connectivity index (χ4v) is 5.47. The van der Waals surface area contributed by atoms with E-state index in [1.54, 1.807) is 31.2 Å². The molecule has 176 valence electrons. The van der Waals surface area contributed by atoms with Gasteiger partial charge in [0, 0.05) is 5.92 Å². The fourth-order valence-electron chi connectivity index (χ4n) is 5.47. The van der Waals surface area contributed by atoms with Crippen molar-refractivity contribution in [2.75, 3.05) is 0 Å². The van der Waals surface area contributed by atoms with Crippen LogP contribution in [-0.2, 0) is 6.42 Å². The summed E-state index contributed by atoms with van der Waals surface area (Å²) in [6, 6.07) is 6.70. The smallest absolute Gasteiger partial charge is 0.174 e. The van der Waals surface area contributed by atoms with Crippen molar-refractivity contribution in [2.24, 2.45) is 11.8 Å². The van der Waals surface area contributed by atoms with Crippen molar-refractivity contribution in [1.82, 2.24) is 0 Å². The maximum Gasteiger partial charge on any atom is 0.174 e. The summed E-state index contributed by atoms with van der Waals surface area (Å²) in [6.45, 7) is 4.01. The van der Waals surface area contributed by atoms with Gasteiger partial charge in [-0.15, -0.1) is 0 Å². The van der Waals surface area contributed by atoms with Gasteiger partial charge < -0.3 is 0 Å². The summed E-state index contributed by atoms with van der Waals surface area (Å²) in [7, 11) is 0. The van der Waals surface area contributed by atoms with Gasteiger partial charge in [0.2, 0.25) is 0 Å². The Hall–Kier alpha value is -2.28. The van der Waals surface area contributed by atoms with E-state index in [-0.39, 0.29) is 23.3 Å². The summed E-state index contributed by atoms with van der Waals surface area (Å²) < 4.78 is 58.1. The molecule has 0 heterocycles. The van der Waals surface area contributed by atoms with Crippen LogP contribution in [0.1, 0.15) is 99.3 Å². The summed E-state index contributed by atoms with van der Waals surface area (Å²) in [5.74, 6) is 3.65. The second-order valence-electron chi connectivity index (χ2n) is 9.90. The molecular weight excluding hydrogens is 424 g/mol. The molecule has 0 spiro atoms. The Balaban J connectivity index is 1.41. The topological polar surface area (TPSA) is 0 Å². The molecule has 0 unspecified atom stereocenters. The van der Waals surface area contributed by atoms with Gasteiger partial charge >= 0.3 is 0 Å². The van der Waals surface area contributed by atoms with E-state index >= 15 is 0 Å². The van der Waals surface area contributed by atoms with Crippen molar-refractivity contribution in [2.45, 2.75) is 83.5 Å². The minimum Gasteiger partial charge on any atom is -0.203 e. The van der Waals surface area contributed by atoms with Gasteiger partial charge in [-0.05, 0) is 85.5 Å². The minimum atomic E-state index is -0.846. The van der Waals surface area contributed by atoms with Gasteiger partial charge in [0.1, 0.15) is 0 Å². The second kappa shape index (κ2) is 10.3. The fraction of sp³-hybridized carbons (Fsp3) is 0.517. The monoisotopic (exact) mass is 456 g/mol. The highest BCUT2D eigenvalue weighted by Gasteiger charge is 2.26. The van der Waals surface area contributed by atoms with Gasteiger partial charge in [0.05, 0.1) is 5.56 Å². The van der Waals surface area contributed by atoms with Crippen LogP contribution in [0.25, 0.3) is 0 Å². The van der Waals surface area contributed by atoms with Crippen molar-refractivity contribution < 1.29 is 17.6 Å². The summed E-state index contributed by atoms with van der Waals surface area (Å²) in [5.41, 5.74) is 1.42. The van der Waals surface area contributed by atoms with Gasteiger partial charge in [-0.1, -0.05) is 56.7 Å². The number of rotatable bonds is 3. The molecule has 0 N–H and O–H groups in total. The van der Waals surface area contributed by atoms with Gasteiger partial charge in [-0.2, -0.15) is 0 Å². The van der Waals surface area contributed by atoms with Crippen molar-refractivity contribution in [3.63, 3.8) is 0 Å². The predicted molar refractivity (Wildman–Crippen MR) is 124 cm³/mol. The summed E-state index contributed by atoms with van der Waals surface area (Å²) in [6.07, 6.45) is 7.24. The van der Waals surface area contributed by atoms with Crippen LogP contribution >= 0.6 is 0 Å². The third-order valence-corrected chi connectivity index (χ3v) is 7.72. The molecule has 0 amide bonds. The number of hydrogen-bond donors (Lipinski definition) is 0. The average molecular weight is 457 g/mol. The molecule has 2 aliphatic rings. The zero-order valence-corrected chi connectivity index (χ0v) is 19.5. The highest BCUT2D eigenvalue weighted by molar-refractivity contribution is 5.40. The molecule has 0 aromatic heterocycles. The van der Waals surface area contributed by atoms with Crippen LogP contribution in [-0.4, -0.2) is 0 Å². The molecule has 0 radical (unpaired) electrons. The Bertz CT molecular complexity index is 1050. The normalized spacial score (nSPS) is 25.4. The maximum atomic E-state index is 14.8. The highest BCUT2D eigenvalue weighted by Crippen LogP contribution is 2.39. The molecule has 0 saturated heterocycles. The van der Waals surface area contributed by atoms with Gasteiger partial charge in [0.15, 0.2) is 23.3 Å². The van der Waals surface area contributed by atoms with Crippen LogP contribution in [0.5, 0.6) is 0 Å². The maximum absolute atomic E-state index is 14.8.